The van der Waals surface area contributed by atoms with Crippen LogP contribution in [0.5, 0.6) is 0 Å². The van der Waals surface area contributed by atoms with Crippen LogP contribution in [0.1, 0.15) is 30.6 Å². The fraction of sp³-hybridized carbons (Fsp3) is 0.391. The molecule has 2 heterocycles. The third kappa shape index (κ3) is 3.84. The summed E-state index contributed by atoms with van der Waals surface area (Å²) in [6, 6.07) is 20.9. The lowest BCUT2D eigenvalue weighted by Crippen LogP contribution is -2.45. The third-order valence-corrected chi connectivity index (χ3v) is 5.72. The van der Waals surface area contributed by atoms with Crippen LogP contribution >= 0.6 is 0 Å². The Morgan fingerprint density at radius 3 is 2.65 bits per heavy atom. The third-order valence-electron chi connectivity index (χ3n) is 5.72. The number of rotatable bonds is 6. The number of benzene rings is 2. The first kappa shape index (κ1) is 17.3. The number of aryl methyl sites for hydroxylation is 1. The van der Waals surface area contributed by atoms with Crippen molar-refractivity contribution in [3.63, 3.8) is 0 Å². The number of piperidine rings is 1. The highest BCUT2D eigenvalue weighted by Gasteiger charge is 2.34. The molecule has 1 atom stereocenters. The Kier molecular flexibility index (Phi) is 5.09. The largest absolute Gasteiger partial charge is 0.460 e. The first-order valence-electron chi connectivity index (χ1n) is 9.61. The molecule has 1 aromatic heterocycles. The highest BCUT2D eigenvalue weighted by atomic mass is 16.3. The van der Waals surface area contributed by atoms with Gasteiger partial charge in [0, 0.05) is 24.0 Å². The summed E-state index contributed by atoms with van der Waals surface area (Å²) in [5, 5.41) is 11.3. The van der Waals surface area contributed by atoms with E-state index in [0.29, 0.717) is 0 Å². The quantitative estimate of drug-likeness (QED) is 0.704. The van der Waals surface area contributed by atoms with Crippen LogP contribution in [0.3, 0.4) is 0 Å². The van der Waals surface area contributed by atoms with E-state index < -0.39 is 0 Å². The Morgan fingerprint density at radius 1 is 1.04 bits per heavy atom. The van der Waals surface area contributed by atoms with Gasteiger partial charge in [-0.1, -0.05) is 48.5 Å². The fourth-order valence-electron chi connectivity index (χ4n) is 4.25. The zero-order valence-electron chi connectivity index (χ0n) is 15.2. The normalized spacial score (nSPS) is 21.3. The van der Waals surface area contributed by atoms with Crippen molar-refractivity contribution in [3.05, 3.63) is 72.0 Å². The molecule has 3 nitrogen and oxygen atoms in total. The van der Waals surface area contributed by atoms with E-state index in [1.165, 1.54) is 5.56 Å². The highest BCUT2D eigenvalue weighted by molar-refractivity contribution is 5.77. The van der Waals surface area contributed by atoms with Crippen molar-refractivity contribution in [2.75, 3.05) is 19.7 Å². The number of aliphatic hydroxyl groups is 1. The van der Waals surface area contributed by atoms with Gasteiger partial charge in [-0.3, -0.25) is 4.90 Å². The van der Waals surface area contributed by atoms with Gasteiger partial charge in [0.15, 0.2) is 0 Å². The molecule has 1 fully saturated rings. The molecular weight excluding hydrogens is 322 g/mol. The second-order valence-electron chi connectivity index (χ2n) is 7.71. The topological polar surface area (TPSA) is 36.6 Å². The van der Waals surface area contributed by atoms with E-state index in [-0.39, 0.29) is 12.0 Å². The van der Waals surface area contributed by atoms with E-state index in [0.717, 1.165) is 62.0 Å². The van der Waals surface area contributed by atoms with Crippen LogP contribution < -0.4 is 0 Å². The van der Waals surface area contributed by atoms with Gasteiger partial charge < -0.3 is 9.52 Å². The number of para-hydroxylation sites is 1. The molecule has 0 radical (unpaired) electrons. The Bertz CT molecular complexity index is 809. The summed E-state index contributed by atoms with van der Waals surface area (Å²) < 4.78 is 6.00. The van der Waals surface area contributed by atoms with Gasteiger partial charge in [0.25, 0.3) is 0 Å². The molecule has 0 saturated carbocycles. The van der Waals surface area contributed by atoms with Crippen molar-refractivity contribution >= 4 is 11.0 Å². The van der Waals surface area contributed by atoms with Crippen molar-refractivity contribution in [3.8, 4) is 0 Å². The number of hydrogen-bond acceptors (Lipinski definition) is 3. The molecule has 0 spiro atoms. The van der Waals surface area contributed by atoms with Crippen molar-refractivity contribution < 1.29 is 9.52 Å². The first-order chi connectivity index (χ1) is 12.8. The maximum Gasteiger partial charge on any atom is 0.134 e. The lowest BCUT2D eigenvalue weighted by atomic mass is 9.76. The minimum atomic E-state index is 0.000106. The molecule has 0 bridgehead atoms. The minimum Gasteiger partial charge on any atom is -0.460 e. The van der Waals surface area contributed by atoms with E-state index in [4.69, 9.17) is 4.42 Å². The van der Waals surface area contributed by atoms with E-state index in [2.05, 4.69) is 47.4 Å². The SMILES string of the molecule is OCC1(CCc2ccccc2)CCCN(Cc2cc3ccccc3o2)C1. The summed E-state index contributed by atoms with van der Waals surface area (Å²) in [5.74, 6) is 1.02. The predicted octanol–water partition coefficient (Wildman–Crippen LogP) is 4.64. The Labute approximate surface area is 155 Å². The summed E-state index contributed by atoms with van der Waals surface area (Å²) >= 11 is 0. The number of fused-ring (bicyclic) bond motifs is 1. The van der Waals surface area contributed by atoms with E-state index in [1.54, 1.807) is 0 Å². The van der Waals surface area contributed by atoms with Crippen LogP contribution in [0.4, 0.5) is 0 Å². The molecule has 3 aromatic rings. The molecule has 1 unspecified atom stereocenters. The molecule has 26 heavy (non-hydrogen) atoms. The van der Waals surface area contributed by atoms with Gasteiger partial charge >= 0.3 is 0 Å². The maximum absolute atomic E-state index is 10.2. The molecule has 136 valence electrons. The lowest BCUT2D eigenvalue weighted by molar-refractivity contribution is 0.0200. The molecule has 0 aliphatic carbocycles. The number of nitrogens with zero attached hydrogens (tertiary/aromatic N) is 1. The summed E-state index contributed by atoms with van der Waals surface area (Å²) in [7, 11) is 0. The molecule has 1 aliphatic heterocycles. The van der Waals surface area contributed by atoms with Crippen molar-refractivity contribution in [2.45, 2.75) is 32.2 Å². The fourth-order valence-corrected chi connectivity index (χ4v) is 4.25. The van der Waals surface area contributed by atoms with Gasteiger partial charge in [0.1, 0.15) is 11.3 Å². The second-order valence-corrected chi connectivity index (χ2v) is 7.71. The summed E-state index contributed by atoms with van der Waals surface area (Å²) in [5.41, 5.74) is 2.31. The van der Waals surface area contributed by atoms with Gasteiger partial charge in [-0.2, -0.15) is 0 Å². The number of hydrogen-bond donors (Lipinski definition) is 1. The maximum atomic E-state index is 10.2. The average molecular weight is 349 g/mol. The molecule has 1 saturated heterocycles. The van der Waals surface area contributed by atoms with Crippen LogP contribution in [0.25, 0.3) is 11.0 Å². The van der Waals surface area contributed by atoms with Crippen molar-refractivity contribution in [1.29, 1.82) is 0 Å². The van der Waals surface area contributed by atoms with E-state index >= 15 is 0 Å². The number of furan rings is 1. The second kappa shape index (κ2) is 7.65. The zero-order chi connectivity index (χ0) is 17.8. The van der Waals surface area contributed by atoms with E-state index in [9.17, 15) is 5.11 Å². The van der Waals surface area contributed by atoms with Crippen LogP contribution in [-0.2, 0) is 13.0 Å². The van der Waals surface area contributed by atoms with Gasteiger partial charge in [-0.25, -0.2) is 0 Å². The Hall–Kier alpha value is -2.10. The number of likely N-dealkylation sites (tertiary alicyclic amines) is 1. The Balaban J connectivity index is 1.43. The molecule has 1 aliphatic rings. The first-order valence-corrected chi connectivity index (χ1v) is 9.61. The summed E-state index contributed by atoms with van der Waals surface area (Å²) in [6.45, 7) is 3.09. The van der Waals surface area contributed by atoms with Crippen LogP contribution in [-0.4, -0.2) is 29.7 Å². The van der Waals surface area contributed by atoms with Gasteiger partial charge in [-0.05, 0) is 49.9 Å². The number of aliphatic hydroxyl groups excluding tert-OH is 1. The van der Waals surface area contributed by atoms with E-state index in [1.807, 2.05) is 18.2 Å². The van der Waals surface area contributed by atoms with Gasteiger partial charge in [-0.15, -0.1) is 0 Å². The Morgan fingerprint density at radius 2 is 1.85 bits per heavy atom. The zero-order valence-corrected chi connectivity index (χ0v) is 15.2. The predicted molar refractivity (Wildman–Crippen MR) is 105 cm³/mol. The molecule has 1 N–H and O–H groups in total. The molecule has 4 rings (SSSR count). The molecule has 0 amide bonds. The van der Waals surface area contributed by atoms with Crippen LogP contribution in [0.15, 0.2) is 65.1 Å². The molecule has 2 aromatic carbocycles. The standard InChI is InChI=1S/C23H27NO2/c25-18-23(13-11-19-7-2-1-3-8-19)12-6-14-24(17-23)16-21-15-20-9-4-5-10-22(20)26-21/h1-5,7-10,15,25H,6,11-14,16-18H2. The minimum absolute atomic E-state index is 0.000106. The van der Waals surface area contributed by atoms with Crippen LogP contribution in [0.2, 0.25) is 0 Å². The van der Waals surface area contributed by atoms with Crippen LogP contribution in [0, 0.1) is 5.41 Å². The summed E-state index contributed by atoms with van der Waals surface area (Å²) in [4.78, 5) is 2.45. The van der Waals surface area contributed by atoms with Crippen molar-refractivity contribution in [2.24, 2.45) is 5.41 Å². The monoisotopic (exact) mass is 349 g/mol. The highest BCUT2D eigenvalue weighted by Crippen LogP contribution is 2.35. The average Bonchev–Trinajstić information content (AvgIpc) is 3.10. The smallest absolute Gasteiger partial charge is 0.134 e. The molecular formula is C23H27NO2. The van der Waals surface area contributed by atoms with Crippen molar-refractivity contribution in [1.82, 2.24) is 4.90 Å². The lowest BCUT2D eigenvalue weighted by Gasteiger charge is -2.41. The molecule has 3 heteroatoms. The van der Waals surface area contributed by atoms with Gasteiger partial charge in [0.05, 0.1) is 6.54 Å². The van der Waals surface area contributed by atoms with Gasteiger partial charge in [0.2, 0.25) is 0 Å². The summed E-state index contributed by atoms with van der Waals surface area (Å²) in [6.07, 6.45) is 4.30.